The van der Waals surface area contributed by atoms with Gasteiger partial charge in [0.2, 0.25) is 35.4 Å². The fourth-order valence-corrected chi connectivity index (χ4v) is 17.7. The summed E-state index contributed by atoms with van der Waals surface area (Å²) in [5, 5.41) is 17.8. The zero-order chi connectivity index (χ0) is 75.0. The Labute approximate surface area is 610 Å². The number of likely N-dealkylation sites (N-methyl/N-ethyl adjacent to an activating group) is 3. The fourth-order valence-electron chi connectivity index (χ4n) is 16.6. The number of anilines is 3. The molecular weight excluding hydrogens is 1370 g/mol. The standard InChI is InChI=1S/C27H28F2N4O4.C26H30N4O4S.C25H26N4O4/c1-26(2)7-6-21(16-8-18(28)11-19(29)9-16)33(24(26)36)14-22(34)30-20-5-4-15-12-27(13-17(15)10-20)23(35)31-25(37)32(27)3;1-15-8-10-35-21(15)19-7-9-25(2,3)23(33)30(19)14-20(31)27-18-6-5-16-12-26(13-17(16)11-18)22(32)28-24(34)29(26)4;1-28-24(33)27-23(32)25(28)13-17-10-11-19(12-18(17)14-25)26-21(30)15-29-20(8-5-9-22(29)31)16-6-3-2-4-7-16/h4-5,8-11,21H,6-7,12-14H2,1-3H3,(H,30,34)(H,31,35,37);5-6,8,10-11,19H,7,9,12-14H2,1-4H3,(H,27,31)(H,28,32,34);2-4,6-7,10-12,20H,5,8-9,13-15H2,1H3,(H,26,30)(H,27,32,33). The van der Waals surface area contributed by atoms with Crippen molar-refractivity contribution < 1.29 is 66.3 Å². The third kappa shape index (κ3) is 13.7. The van der Waals surface area contributed by atoms with Crippen molar-refractivity contribution in [3.8, 4) is 0 Å². The van der Waals surface area contributed by atoms with E-state index in [1.54, 1.807) is 74.3 Å². The number of fused-ring (bicyclic) bond motifs is 3. The Kier molecular flexibility index (Phi) is 19.2. The molecule has 6 saturated heterocycles. The summed E-state index contributed by atoms with van der Waals surface area (Å²) in [5.74, 6) is -3.64. The maximum Gasteiger partial charge on any atom is 0.324 e. The SMILES string of the molecule is CN1C(=O)NC(=O)C12Cc1ccc(NC(=O)CN3C(=O)C(C)(C)CCC3c3cc(F)cc(F)c3)cc1C2.CN1C(=O)NC(=O)C12Cc1ccc(NC(=O)CN3C(=O)CCCC3c3ccccc3)cc1C2.Cc1ccsc1C1CCC(C)(C)C(=O)N1CC(=O)Nc1ccc2c(c1)CC1(C2)C(=O)NC(=O)N1C. The summed E-state index contributed by atoms with van der Waals surface area (Å²) in [7, 11) is 4.86. The quantitative estimate of drug-likeness (QED) is 0.0625. The van der Waals surface area contributed by atoms with E-state index in [2.05, 4.69) is 38.0 Å². The molecule has 6 fully saturated rings. The molecule has 548 valence electrons. The van der Waals surface area contributed by atoms with Crippen LogP contribution in [0.2, 0.25) is 0 Å². The molecule has 9 aliphatic rings. The number of benzene rings is 5. The van der Waals surface area contributed by atoms with Gasteiger partial charge in [0.15, 0.2) is 0 Å². The van der Waals surface area contributed by atoms with Crippen molar-refractivity contribution in [1.82, 2.24) is 45.3 Å². The third-order valence-electron chi connectivity index (χ3n) is 22.8. The number of likely N-dealkylation sites (tertiary alicyclic amines) is 3. The summed E-state index contributed by atoms with van der Waals surface area (Å²) in [4.78, 5) is 162. The number of carbonyl (C=O) groups excluding carboxylic acids is 12. The van der Waals surface area contributed by atoms with Gasteiger partial charge in [-0.15, -0.1) is 11.3 Å². The predicted octanol–water partition coefficient (Wildman–Crippen LogP) is 9.11. The Morgan fingerprint density at radius 3 is 1.24 bits per heavy atom. The van der Waals surface area contributed by atoms with Crippen molar-refractivity contribution >= 4 is 99.7 Å². The number of nitrogens with one attached hydrogen (secondary N) is 6. The van der Waals surface area contributed by atoms with Gasteiger partial charge in [-0.2, -0.15) is 0 Å². The minimum atomic E-state index is -0.971. The molecule has 7 heterocycles. The number of carbonyl (C=O) groups is 12. The maximum atomic E-state index is 13.9. The van der Waals surface area contributed by atoms with Gasteiger partial charge in [0.1, 0.15) is 47.9 Å². The Bertz CT molecular complexity index is 4640. The molecule has 0 radical (unpaired) electrons. The van der Waals surface area contributed by atoms with E-state index in [9.17, 15) is 66.3 Å². The molecule has 6 aliphatic heterocycles. The van der Waals surface area contributed by atoms with Gasteiger partial charge in [-0.1, -0.05) is 76.2 Å². The number of amides is 15. The molecule has 15 rings (SSSR count). The Hall–Kier alpha value is -10.7. The smallest absolute Gasteiger partial charge is 0.324 e. The largest absolute Gasteiger partial charge is 0.326 e. The molecule has 1 aromatic heterocycles. The lowest BCUT2D eigenvalue weighted by Gasteiger charge is -2.43. The highest BCUT2D eigenvalue weighted by atomic mass is 32.1. The Morgan fingerprint density at radius 2 is 0.848 bits per heavy atom. The number of hydrogen-bond donors (Lipinski definition) is 6. The highest BCUT2D eigenvalue weighted by Gasteiger charge is 2.57. The van der Waals surface area contributed by atoms with Crippen molar-refractivity contribution in [3.63, 3.8) is 0 Å². The van der Waals surface area contributed by atoms with E-state index in [1.807, 2.05) is 92.9 Å². The maximum absolute atomic E-state index is 13.9. The minimum Gasteiger partial charge on any atom is -0.326 e. The average Bonchev–Trinajstić information content (AvgIpc) is 1.61. The molecule has 6 atom stereocenters. The van der Waals surface area contributed by atoms with Gasteiger partial charge >= 0.3 is 18.1 Å². The molecule has 3 spiro atoms. The molecule has 0 saturated carbocycles. The van der Waals surface area contributed by atoms with Crippen LogP contribution in [0.4, 0.5) is 40.2 Å². The van der Waals surface area contributed by atoms with Crippen LogP contribution in [0, 0.1) is 29.4 Å². The van der Waals surface area contributed by atoms with Crippen LogP contribution in [0.3, 0.4) is 0 Å². The minimum absolute atomic E-state index is 0.00690. The van der Waals surface area contributed by atoms with E-state index in [4.69, 9.17) is 0 Å². The van der Waals surface area contributed by atoms with Crippen molar-refractivity contribution in [1.29, 1.82) is 0 Å². The van der Waals surface area contributed by atoms with E-state index in [0.717, 1.165) is 81.1 Å². The summed E-state index contributed by atoms with van der Waals surface area (Å²) < 4.78 is 27.9. The number of thiophene rings is 1. The highest BCUT2D eigenvalue weighted by molar-refractivity contribution is 7.10. The summed E-state index contributed by atoms with van der Waals surface area (Å²) in [6.45, 7) is 9.18. The van der Waals surface area contributed by atoms with Gasteiger partial charge in [0.05, 0.1) is 18.1 Å². The molecular formula is C78H84F2N12O12S. The van der Waals surface area contributed by atoms with Gasteiger partial charge in [-0.25, -0.2) is 23.2 Å². The lowest BCUT2D eigenvalue weighted by Crippen LogP contribution is -2.50. The summed E-state index contributed by atoms with van der Waals surface area (Å²) in [5.41, 5.74) is 5.82. The predicted molar refractivity (Wildman–Crippen MR) is 385 cm³/mol. The highest BCUT2D eigenvalue weighted by Crippen LogP contribution is 2.46. The summed E-state index contributed by atoms with van der Waals surface area (Å²) >= 11 is 1.63. The van der Waals surface area contributed by atoms with Crippen LogP contribution >= 0.6 is 11.3 Å². The number of aryl methyl sites for hydroxylation is 1. The van der Waals surface area contributed by atoms with E-state index >= 15 is 0 Å². The molecule has 105 heavy (non-hydrogen) atoms. The van der Waals surface area contributed by atoms with Crippen molar-refractivity contribution in [2.45, 2.75) is 153 Å². The molecule has 24 nitrogen and oxygen atoms in total. The van der Waals surface area contributed by atoms with Gasteiger partial charge in [-0.3, -0.25) is 59.1 Å². The first-order valence-electron chi connectivity index (χ1n) is 35.3. The molecule has 6 aromatic rings. The number of rotatable bonds is 12. The zero-order valence-electron chi connectivity index (χ0n) is 59.8. The molecule has 3 aliphatic carbocycles. The number of halogens is 2. The van der Waals surface area contributed by atoms with Crippen LogP contribution in [-0.2, 0) is 81.7 Å². The van der Waals surface area contributed by atoms with Crippen molar-refractivity contribution in [3.05, 3.63) is 181 Å². The first-order chi connectivity index (χ1) is 49.8. The second kappa shape index (κ2) is 27.7. The van der Waals surface area contributed by atoms with E-state index < -0.39 is 57.1 Å². The van der Waals surface area contributed by atoms with E-state index in [0.29, 0.717) is 80.4 Å². The van der Waals surface area contributed by atoms with Crippen LogP contribution < -0.4 is 31.9 Å². The van der Waals surface area contributed by atoms with E-state index in [-0.39, 0.29) is 91.0 Å². The molecule has 6 unspecified atom stereocenters. The van der Waals surface area contributed by atoms with Gasteiger partial charge in [-0.05, 0) is 155 Å². The first-order valence-corrected chi connectivity index (χ1v) is 36.2. The Morgan fingerprint density at radius 1 is 0.467 bits per heavy atom. The molecule has 27 heteroatoms. The Balaban J connectivity index is 0.000000140. The monoisotopic (exact) mass is 1450 g/mol. The van der Waals surface area contributed by atoms with Crippen LogP contribution in [0.15, 0.2) is 115 Å². The van der Waals surface area contributed by atoms with Gasteiger partial charge in [0.25, 0.3) is 17.7 Å². The zero-order valence-corrected chi connectivity index (χ0v) is 60.6. The normalized spacial score (nSPS) is 24.7. The third-order valence-corrected chi connectivity index (χ3v) is 23.9. The number of imide groups is 3. The van der Waals surface area contributed by atoms with Crippen molar-refractivity contribution in [2.75, 3.05) is 56.7 Å². The van der Waals surface area contributed by atoms with Crippen LogP contribution in [0.25, 0.3) is 0 Å². The number of urea groups is 3. The summed E-state index contributed by atoms with van der Waals surface area (Å²) in [6.07, 6.45) is 7.09. The molecule has 15 amide bonds. The van der Waals surface area contributed by atoms with Crippen molar-refractivity contribution in [2.24, 2.45) is 10.8 Å². The lowest BCUT2D eigenvalue weighted by atomic mass is 9.78. The summed E-state index contributed by atoms with van der Waals surface area (Å²) in [6, 6.07) is 29.4. The number of nitrogens with zero attached hydrogens (tertiary/aromatic N) is 6. The van der Waals surface area contributed by atoms with E-state index in [1.165, 1.54) is 31.7 Å². The van der Waals surface area contributed by atoms with Crippen LogP contribution in [0.5, 0.6) is 0 Å². The van der Waals surface area contributed by atoms with Gasteiger partial charge < -0.3 is 45.3 Å². The first kappa shape index (κ1) is 72.6. The molecule has 0 bridgehead atoms. The second-order valence-corrected chi connectivity index (χ2v) is 31.4. The lowest BCUT2D eigenvalue weighted by molar-refractivity contribution is -0.150. The van der Waals surface area contributed by atoms with Gasteiger partial charge in [0, 0.05) is 105 Å². The van der Waals surface area contributed by atoms with Crippen LogP contribution in [0.1, 0.15) is 146 Å². The average molecular weight is 1450 g/mol. The molecule has 5 aromatic carbocycles. The number of hydrogen-bond acceptors (Lipinski definition) is 13. The van der Waals surface area contributed by atoms with Crippen LogP contribution in [-0.4, -0.2) is 158 Å². The second-order valence-electron chi connectivity index (χ2n) is 30.5. The number of piperidine rings is 3. The molecule has 6 N–H and O–H groups in total. The topological polar surface area (TPSA) is 296 Å². The fraction of sp³-hybridized carbons (Fsp3) is 0.410.